The first-order valence-electron chi connectivity index (χ1n) is 8.07. The lowest BCUT2D eigenvalue weighted by molar-refractivity contribution is -0.137. The van der Waals surface area contributed by atoms with Crippen molar-refractivity contribution >= 4 is 11.7 Å². The van der Waals surface area contributed by atoms with Gasteiger partial charge in [0.25, 0.3) is 0 Å². The van der Waals surface area contributed by atoms with E-state index in [0.717, 1.165) is 17.7 Å². The van der Waals surface area contributed by atoms with Crippen LogP contribution in [0.2, 0.25) is 0 Å². The number of carbonyl (C=O) groups is 1. The van der Waals surface area contributed by atoms with Crippen LogP contribution < -0.4 is 9.64 Å². The van der Waals surface area contributed by atoms with Crippen molar-refractivity contribution in [2.24, 2.45) is 0 Å². The second-order valence-corrected chi connectivity index (χ2v) is 6.15. The molecule has 1 heterocycles. The normalized spacial score (nSPS) is 17.1. The number of nitrogens with zero attached hydrogens (tertiary/aromatic N) is 1. The van der Waals surface area contributed by atoms with Gasteiger partial charge in [-0.2, -0.15) is 13.2 Å². The van der Waals surface area contributed by atoms with Gasteiger partial charge in [0, 0.05) is 17.8 Å². The van der Waals surface area contributed by atoms with E-state index in [-0.39, 0.29) is 12.6 Å². The van der Waals surface area contributed by atoms with Crippen molar-refractivity contribution in [3.05, 3.63) is 59.2 Å². The maximum absolute atomic E-state index is 13.0. The molecule has 1 aliphatic heterocycles. The predicted octanol–water partition coefficient (Wildman–Crippen LogP) is 4.28. The van der Waals surface area contributed by atoms with Crippen LogP contribution in [0.1, 0.15) is 28.4 Å². The number of fused-ring (bicyclic) bond motifs is 1. The Hall–Kier alpha value is -2.70. The van der Waals surface area contributed by atoms with Crippen LogP contribution in [0.25, 0.3) is 0 Å². The van der Waals surface area contributed by atoms with E-state index < -0.39 is 17.7 Å². The summed E-state index contributed by atoms with van der Waals surface area (Å²) >= 11 is 0. The maximum Gasteiger partial charge on any atom is 0.416 e. The third kappa shape index (κ3) is 3.61. The average molecular weight is 365 g/mol. The highest BCUT2D eigenvalue weighted by Gasteiger charge is 2.31. The third-order valence-corrected chi connectivity index (χ3v) is 4.35. The molecule has 0 radical (unpaired) electrons. The summed E-state index contributed by atoms with van der Waals surface area (Å²) in [5.41, 5.74) is 0.945. The minimum Gasteiger partial charge on any atom is -0.491 e. The van der Waals surface area contributed by atoms with E-state index in [1.54, 1.807) is 24.3 Å². The molecule has 0 amide bonds. The van der Waals surface area contributed by atoms with Crippen molar-refractivity contribution in [1.29, 1.82) is 0 Å². The minimum atomic E-state index is -4.39. The first-order chi connectivity index (χ1) is 12.3. The number of halogens is 3. The van der Waals surface area contributed by atoms with Crippen LogP contribution in [-0.2, 0) is 17.5 Å². The Labute approximate surface area is 149 Å². The summed E-state index contributed by atoms with van der Waals surface area (Å²) in [6.45, 7) is 2.54. The Bertz CT molecular complexity index is 820. The molecule has 138 valence electrons. The van der Waals surface area contributed by atoms with Crippen molar-refractivity contribution in [2.75, 3.05) is 18.6 Å². The molecule has 0 unspecified atom stereocenters. The molecule has 1 atom stereocenters. The Morgan fingerprint density at radius 3 is 2.69 bits per heavy atom. The topological polar surface area (TPSA) is 38.8 Å². The second kappa shape index (κ2) is 6.90. The van der Waals surface area contributed by atoms with E-state index in [2.05, 4.69) is 0 Å². The molecule has 4 nitrogen and oxygen atoms in total. The first-order valence-corrected chi connectivity index (χ1v) is 8.07. The number of ether oxygens (including phenoxy) is 2. The number of alkyl halides is 3. The molecule has 0 saturated carbocycles. The predicted molar refractivity (Wildman–Crippen MR) is 90.4 cm³/mol. The lowest BCUT2D eigenvalue weighted by Crippen LogP contribution is -2.35. The van der Waals surface area contributed by atoms with Crippen molar-refractivity contribution in [3.63, 3.8) is 0 Å². The fourth-order valence-corrected chi connectivity index (χ4v) is 2.91. The summed E-state index contributed by atoms with van der Waals surface area (Å²) in [6.07, 6.45) is -4.39. The Balaban J connectivity index is 1.94. The summed E-state index contributed by atoms with van der Waals surface area (Å²) in [4.78, 5) is 13.5. The zero-order valence-electron chi connectivity index (χ0n) is 14.3. The van der Waals surface area contributed by atoms with E-state index in [4.69, 9.17) is 9.47 Å². The number of carbonyl (C=O) groups excluding carboxylic acids is 1. The summed E-state index contributed by atoms with van der Waals surface area (Å²) in [5, 5.41) is 0. The maximum atomic E-state index is 13.0. The van der Waals surface area contributed by atoms with E-state index in [1.165, 1.54) is 13.2 Å². The van der Waals surface area contributed by atoms with Gasteiger partial charge in [-0.15, -0.1) is 0 Å². The van der Waals surface area contributed by atoms with E-state index in [9.17, 15) is 18.0 Å². The van der Waals surface area contributed by atoms with E-state index in [1.807, 2.05) is 11.8 Å². The highest BCUT2D eigenvalue weighted by Crippen LogP contribution is 2.34. The molecule has 2 aromatic rings. The molecule has 0 fully saturated rings. The van der Waals surface area contributed by atoms with Crippen LogP contribution in [-0.4, -0.2) is 25.7 Å². The van der Waals surface area contributed by atoms with Gasteiger partial charge >= 0.3 is 12.1 Å². The molecular formula is C19H18F3NO3. The number of benzene rings is 2. The Kier molecular flexibility index (Phi) is 4.80. The molecule has 7 heteroatoms. The van der Waals surface area contributed by atoms with Crippen molar-refractivity contribution in [3.8, 4) is 5.75 Å². The number of hydrogen-bond donors (Lipinski definition) is 0. The molecule has 26 heavy (non-hydrogen) atoms. The van der Waals surface area contributed by atoms with Crippen LogP contribution in [0.15, 0.2) is 42.5 Å². The highest BCUT2D eigenvalue weighted by atomic mass is 19.4. The molecule has 0 spiro atoms. The van der Waals surface area contributed by atoms with Gasteiger partial charge in [-0.1, -0.05) is 12.1 Å². The number of esters is 1. The molecule has 0 bridgehead atoms. The molecule has 1 aliphatic rings. The van der Waals surface area contributed by atoms with Gasteiger partial charge in [-0.3, -0.25) is 0 Å². The fraction of sp³-hybridized carbons (Fsp3) is 0.316. The van der Waals surface area contributed by atoms with E-state index in [0.29, 0.717) is 23.5 Å². The number of methoxy groups -OCH3 is 1. The standard InChI is InChI=1S/C19H18F3NO3/c1-12-11-26-17-8-13(18(24)25-2)6-7-14(17)10-23(12)16-5-3-4-15(9-16)19(20,21)22/h3-9,12H,10-11H2,1-2H3/t12-/m0/s1. The lowest BCUT2D eigenvalue weighted by atomic mass is 10.1. The average Bonchev–Trinajstić information content (AvgIpc) is 2.79. The fourth-order valence-electron chi connectivity index (χ4n) is 2.91. The molecule has 2 aromatic carbocycles. The Morgan fingerprint density at radius 2 is 2.00 bits per heavy atom. The van der Waals surface area contributed by atoms with E-state index >= 15 is 0 Å². The molecule has 0 N–H and O–H groups in total. The van der Waals surface area contributed by atoms with Gasteiger partial charge in [0.1, 0.15) is 12.4 Å². The van der Waals surface area contributed by atoms with Crippen LogP contribution in [0.5, 0.6) is 5.75 Å². The molecule has 0 saturated heterocycles. The summed E-state index contributed by atoms with van der Waals surface area (Å²) < 4.78 is 49.5. The summed E-state index contributed by atoms with van der Waals surface area (Å²) in [6, 6.07) is 10.1. The zero-order valence-corrected chi connectivity index (χ0v) is 14.3. The summed E-state index contributed by atoms with van der Waals surface area (Å²) in [7, 11) is 1.30. The Morgan fingerprint density at radius 1 is 1.23 bits per heavy atom. The second-order valence-electron chi connectivity index (χ2n) is 6.15. The van der Waals surface area contributed by atoms with Crippen molar-refractivity contribution in [1.82, 2.24) is 0 Å². The zero-order chi connectivity index (χ0) is 18.9. The number of rotatable bonds is 2. The largest absolute Gasteiger partial charge is 0.491 e. The van der Waals surface area contributed by atoms with Gasteiger partial charge < -0.3 is 14.4 Å². The van der Waals surface area contributed by atoms with Crippen LogP contribution in [0.4, 0.5) is 18.9 Å². The monoisotopic (exact) mass is 365 g/mol. The van der Waals surface area contributed by atoms with Crippen LogP contribution in [0, 0.1) is 0 Å². The quantitative estimate of drug-likeness (QED) is 0.745. The van der Waals surface area contributed by atoms with Gasteiger partial charge in [0.2, 0.25) is 0 Å². The smallest absolute Gasteiger partial charge is 0.416 e. The number of hydrogen-bond acceptors (Lipinski definition) is 4. The lowest BCUT2D eigenvalue weighted by Gasteiger charge is -2.29. The summed E-state index contributed by atoms with van der Waals surface area (Å²) in [5.74, 6) is 0.0673. The minimum absolute atomic E-state index is 0.146. The third-order valence-electron chi connectivity index (χ3n) is 4.35. The number of anilines is 1. The highest BCUT2D eigenvalue weighted by molar-refractivity contribution is 5.90. The van der Waals surface area contributed by atoms with Gasteiger partial charge in [0.15, 0.2) is 0 Å². The molecule has 3 rings (SSSR count). The molecule has 0 aromatic heterocycles. The van der Waals surface area contributed by atoms with Crippen molar-refractivity contribution < 1.29 is 27.4 Å². The van der Waals surface area contributed by atoms with Gasteiger partial charge in [-0.05, 0) is 37.3 Å². The first kappa shape index (κ1) is 18.1. The van der Waals surface area contributed by atoms with Gasteiger partial charge in [-0.25, -0.2) is 4.79 Å². The SMILES string of the molecule is COC(=O)c1ccc2c(c1)OC[C@H](C)N(c1cccc(C(F)(F)F)c1)C2. The molecular weight excluding hydrogens is 347 g/mol. The molecule has 0 aliphatic carbocycles. The van der Waals surface area contributed by atoms with Crippen molar-refractivity contribution in [2.45, 2.75) is 25.7 Å². The van der Waals surface area contributed by atoms with Crippen LogP contribution in [0.3, 0.4) is 0 Å². The van der Waals surface area contributed by atoms with Gasteiger partial charge in [0.05, 0.1) is 24.3 Å². The van der Waals surface area contributed by atoms with Crippen LogP contribution >= 0.6 is 0 Å².